The topological polar surface area (TPSA) is 108 Å². The van der Waals surface area contributed by atoms with Gasteiger partial charge < -0.3 is 14.8 Å². The van der Waals surface area contributed by atoms with Crippen LogP contribution in [0.3, 0.4) is 0 Å². The number of aromatic nitrogens is 1. The number of hydrogen-bond donors (Lipinski definition) is 3. The molecule has 0 unspecified atom stereocenters. The lowest BCUT2D eigenvalue weighted by Crippen LogP contribution is -2.26. The van der Waals surface area contributed by atoms with Crippen molar-refractivity contribution in [2.45, 2.75) is 25.2 Å². The Morgan fingerprint density at radius 3 is 2.53 bits per heavy atom. The monoisotopic (exact) mass is 290 g/mol. The molecular weight excluding hydrogens is 272 g/mol. The highest BCUT2D eigenvalue weighted by Crippen LogP contribution is 2.22. The lowest BCUT2D eigenvalue weighted by Gasteiger charge is -2.07. The number of nitrogens with one attached hydrogen (secondary N) is 2. The van der Waals surface area contributed by atoms with Crippen LogP contribution in [0.1, 0.15) is 28.2 Å². The van der Waals surface area contributed by atoms with Crippen molar-refractivity contribution in [1.82, 2.24) is 9.71 Å². The molecule has 1 aromatic heterocycles. The van der Waals surface area contributed by atoms with Crippen LogP contribution in [0.15, 0.2) is 4.90 Å². The number of hydrogen-bond acceptors (Lipinski definition) is 4. The Labute approximate surface area is 112 Å². The van der Waals surface area contributed by atoms with Crippen LogP contribution in [-0.4, -0.2) is 44.7 Å². The first-order chi connectivity index (χ1) is 8.81. The van der Waals surface area contributed by atoms with Crippen LogP contribution in [0.25, 0.3) is 0 Å². The molecule has 0 aliphatic heterocycles. The summed E-state index contributed by atoms with van der Waals surface area (Å²) in [5, 5.41) is 8.95. The molecule has 8 heteroatoms. The molecule has 0 saturated heterocycles. The van der Waals surface area contributed by atoms with Crippen LogP contribution in [0.4, 0.5) is 0 Å². The maximum Gasteiger partial charge on any atom is 0.352 e. The molecule has 1 rings (SSSR count). The van der Waals surface area contributed by atoms with Gasteiger partial charge in [0.15, 0.2) is 0 Å². The number of aryl methyl sites for hydroxylation is 1. The Morgan fingerprint density at radius 1 is 1.42 bits per heavy atom. The van der Waals surface area contributed by atoms with Gasteiger partial charge in [-0.3, -0.25) is 0 Å². The molecule has 0 aliphatic rings. The molecule has 0 fully saturated rings. The van der Waals surface area contributed by atoms with Crippen molar-refractivity contribution in [2.75, 3.05) is 20.3 Å². The van der Waals surface area contributed by atoms with Crippen LogP contribution in [0, 0.1) is 13.8 Å². The fourth-order valence-corrected chi connectivity index (χ4v) is 3.36. The maximum atomic E-state index is 12.1. The Bertz CT molecular complexity index is 562. The van der Waals surface area contributed by atoms with Gasteiger partial charge in [-0.2, -0.15) is 0 Å². The number of sulfonamides is 1. The third-order valence-corrected chi connectivity index (χ3v) is 4.40. The summed E-state index contributed by atoms with van der Waals surface area (Å²) >= 11 is 0. The summed E-state index contributed by atoms with van der Waals surface area (Å²) in [6.45, 7) is 3.69. The first-order valence-corrected chi connectivity index (χ1v) is 7.20. The number of carboxylic acid groups (broad SMARTS) is 1. The molecule has 0 bridgehead atoms. The number of carbonyl (C=O) groups is 1. The summed E-state index contributed by atoms with van der Waals surface area (Å²) in [6.07, 6.45) is 0.546. The SMILES string of the molecule is COCCCNS(=O)(=O)c1c(C)[nH]c(C(=O)O)c1C. The maximum absolute atomic E-state index is 12.1. The fourth-order valence-electron chi connectivity index (χ4n) is 1.84. The Morgan fingerprint density at radius 2 is 2.05 bits per heavy atom. The lowest BCUT2D eigenvalue weighted by molar-refractivity contribution is 0.0690. The molecule has 108 valence electrons. The van der Waals surface area contributed by atoms with Gasteiger partial charge in [-0.25, -0.2) is 17.9 Å². The number of aromatic carboxylic acids is 1. The van der Waals surface area contributed by atoms with Gasteiger partial charge in [0.1, 0.15) is 10.6 Å². The standard InChI is InChI=1S/C11H18N2O5S/c1-7-9(11(14)15)13-8(2)10(7)19(16,17)12-5-4-6-18-3/h12-13H,4-6H2,1-3H3,(H,14,15). The van der Waals surface area contributed by atoms with Gasteiger partial charge in [0.05, 0.1) is 0 Å². The largest absolute Gasteiger partial charge is 0.477 e. The van der Waals surface area contributed by atoms with E-state index >= 15 is 0 Å². The number of carboxylic acids is 1. The number of H-pyrrole nitrogens is 1. The predicted molar refractivity (Wildman–Crippen MR) is 68.9 cm³/mol. The number of methoxy groups -OCH3 is 1. The fraction of sp³-hybridized carbons (Fsp3) is 0.545. The van der Waals surface area contributed by atoms with Crippen LogP contribution >= 0.6 is 0 Å². The molecule has 0 saturated carbocycles. The van der Waals surface area contributed by atoms with Gasteiger partial charge in [-0.15, -0.1) is 0 Å². The molecule has 1 aromatic rings. The van der Waals surface area contributed by atoms with Crippen LogP contribution in [0.5, 0.6) is 0 Å². The minimum absolute atomic E-state index is 0.00215. The van der Waals surface area contributed by atoms with E-state index < -0.39 is 16.0 Å². The normalized spacial score (nSPS) is 11.7. The van der Waals surface area contributed by atoms with Crippen molar-refractivity contribution in [3.05, 3.63) is 17.0 Å². The van der Waals surface area contributed by atoms with Gasteiger partial charge >= 0.3 is 5.97 Å². The molecule has 1 heterocycles. The Kier molecular flexibility index (Phi) is 5.10. The molecule has 3 N–H and O–H groups in total. The highest BCUT2D eigenvalue weighted by molar-refractivity contribution is 7.89. The number of ether oxygens (including phenoxy) is 1. The smallest absolute Gasteiger partial charge is 0.352 e. The average molecular weight is 290 g/mol. The summed E-state index contributed by atoms with van der Waals surface area (Å²) in [7, 11) is -2.18. The van der Waals surface area contributed by atoms with Crippen molar-refractivity contribution in [2.24, 2.45) is 0 Å². The van der Waals surface area contributed by atoms with E-state index in [0.717, 1.165) is 0 Å². The van der Waals surface area contributed by atoms with Crippen LogP contribution in [-0.2, 0) is 14.8 Å². The molecule has 0 spiro atoms. The summed E-state index contributed by atoms with van der Waals surface area (Å²) in [5.74, 6) is -1.18. The third-order valence-electron chi connectivity index (χ3n) is 2.67. The van der Waals surface area contributed by atoms with Crippen molar-refractivity contribution >= 4 is 16.0 Å². The van der Waals surface area contributed by atoms with Gasteiger partial charge in [0.2, 0.25) is 10.0 Å². The molecule has 0 aromatic carbocycles. The van der Waals surface area contributed by atoms with E-state index in [9.17, 15) is 13.2 Å². The van der Waals surface area contributed by atoms with Gasteiger partial charge in [-0.1, -0.05) is 0 Å². The van der Waals surface area contributed by atoms with E-state index in [4.69, 9.17) is 9.84 Å². The number of aromatic amines is 1. The predicted octanol–water partition coefficient (Wildman–Crippen LogP) is 0.645. The summed E-state index contributed by atoms with van der Waals surface area (Å²) in [5.41, 5.74) is 0.424. The van der Waals surface area contributed by atoms with E-state index in [1.165, 1.54) is 21.0 Å². The number of rotatable bonds is 7. The minimum Gasteiger partial charge on any atom is -0.477 e. The average Bonchev–Trinajstić information content (AvgIpc) is 2.61. The molecule has 7 nitrogen and oxygen atoms in total. The molecule has 0 aliphatic carbocycles. The second-order valence-electron chi connectivity index (χ2n) is 4.13. The van der Waals surface area contributed by atoms with Gasteiger partial charge in [0, 0.05) is 31.5 Å². The molecule has 0 amide bonds. The first-order valence-electron chi connectivity index (χ1n) is 5.72. The summed E-state index contributed by atoms with van der Waals surface area (Å²) in [4.78, 5) is 13.5. The second kappa shape index (κ2) is 6.18. The van der Waals surface area contributed by atoms with Crippen LogP contribution < -0.4 is 4.72 Å². The van der Waals surface area contributed by atoms with E-state index in [-0.39, 0.29) is 22.7 Å². The highest BCUT2D eigenvalue weighted by Gasteiger charge is 2.25. The zero-order valence-electron chi connectivity index (χ0n) is 11.1. The van der Waals surface area contributed by atoms with E-state index in [2.05, 4.69) is 9.71 Å². The Balaban J connectivity index is 2.99. The second-order valence-corrected chi connectivity index (χ2v) is 5.83. The highest BCUT2D eigenvalue weighted by atomic mass is 32.2. The minimum atomic E-state index is -3.71. The van der Waals surface area contributed by atoms with Crippen molar-refractivity contribution in [3.8, 4) is 0 Å². The van der Waals surface area contributed by atoms with E-state index in [1.54, 1.807) is 0 Å². The van der Waals surface area contributed by atoms with E-state index in [1.807, 2.05) is 0 Å². The zero-order valence-corrected chi connectivity index (χ0v) is 11.9. The zero-order chi connectivity index (χ0) is 14.6. The van der Waals surface area contributed by atoms with Gasteiger partial charge in [-0.05, 0) is 20.3 Å². The molecule has 19 heavy (non-hydrogen) atoms. The van der Waals surface area contributed by atoms with Gasteiger partial charge in [0.25, 0.3) is 0 Å². The molecular formula is C11H18N2O5S. The van der Waals surface area contributed by atoms with Crippen molar-refractivity contribution in [1.29, 1.82) is 0 Å². The van der Waals surface area contributed by atoms with Crippen LogP contribution in [0.2, 0.25) is 0 Å². The quantitative estimate of drug-likeness (QED) is 0.639. The first kappa shape index (κ1) is 15.7. The van der Waals surface area contributed by atoms with E-state index in [0.29, 0.717) is 18.7 Å². The molecule has 0 radical (unpaired) electrons. The lowest BCUT2D eigenvalue weighted by atomic mass is 10.2. The molecule has 0 atom stereocenters. The van der Waals surface area contributed by atoms with Crippen molar-refractivity contribution < 1.29 is 23.1 Å². The summed E-state index contributed by atoms with van der Waals surface area (Å²) < 4.78 is 31.5. The summed E-state index contributed by atoms with van der Waals surface area (Å²) in [6, 6.07) is 0. The third kappa shape index (κ3) is 3.55. The van der Waals surface area contributed by atoms with Crippen molar-refractivity contribution in [3.63, 3.8) is 0 Å². The Hall–Kier alpha value is -1.38.